The molecule has 1 N–H and O–H groups in total. The molecule has 2 saturated heterocycles. The van der Waals surface area contributed by atoms with Gasteiger partial charge in [-0.2, -0.15) is 0 Å². The summed E-state index contributed by atoms with van der Waals surface area (Å²) in [4.78, 5) is 27.3. The van der Waals surface area contributed by atoms with Gasteiger partial charge in [0.05, 0.1) is 30.9 Å². The lowest BCUT2D eigenvalue weighted by Crippen LogP contribution is -2.72. The zero-order chi connectivity index (χ0) is 20.6. The molecule has 2 bridgehead atoms. The Morgan fingerprint density at radius 1 is 1.07 bits per heavy atom. The zero-order valence-corrected chi connectivity index (χ0v) is 17.3. The predicted molar refractivity (Wildman–Crippen MR) is 109 cm³/mol. The molecular formula is C23H30N2O5. The van der Waals surface area contributed by atoms with Crippen LogP contribution in [0.4, 0.5) is 0 Å². The van der Waals surface area contributed by atoms with E-state index in [4.69, 9.17) is 14.2 Å². The topological polar surface area (TPSA) is 77.1 Å². The van der Waals surface area contributed by atoms with E-state index in [2.05, 4.69) is 11.4 Å². The normalized spacial score (nSPS) is 34.7. The zero-order valence-electron chi connectivity index (χ0n) is 17.3. The van der Waals surface area contributed by atoms with Crippen LogP contribution in [0.1, 0.15) is 50.0 Å². The minimum atomic E-state index is -0.585. The highest BCUT2D eigenvalue weighted by molar-refractivity contribution is 5.81. The highest BCUT2D eigenvalue weighted by Crippen LogP contribution is 2.39. The molecule has 1 aliphatic carbocycles. The van der Waals surface area contributed by atoms with Gasteiger partial charge in [0.15, 0.2) is 6.61 Å². The fourth-order valence-corrected chi connectivity index (χ4v) is 5.66. The number of fused-ring (bicyclic) bond motifs is 5. The first kappa shape index (κ1) is 19.8. The Kier molecular flexibility index (Phi) is 5.41. The Labute approximate surface area is 177 Å². The number of nitrogens with zero attached hydrogens (tertiary/aromatic N) is 1. The van der Waals surface area contributed by atoms with E-state index >= 15 is 0 Å². The van der Waals surface area contributed by atoms with Crippen LogP contribution in [0.2, 0.25) is 0 Å². The molecule has 6 rings (SSSR count). The summed E-state index contributed by atoms with van der Waals surface area (Å²) in [6.07, 6.45) is 5.88. The van der Waals surface area contributed by atoms with Crippen molar-refractivity contribution in [2.45, 2.75) is 62.1 Å². The average Bonchev–Trinajstić information content (AvgIpc) is 2.78. The second-order valence-corrected chi connectivity index (χ2v) is 9.04. The maximum atomic E-state index is 13.2. The first-order valence-electron chi connectivity index (χ1n) is 11.2. The van der Waals surface area contributed by atoms with Crippen LogP contribution in [0.5, 0.6) is 5.75 Å². The van der Waals surface area contributed by atoms with Crippen molar-refractivity contribution in [3.8, 4) is 5.75 Å². The molecule has 2 atom stereocenters. The van der Waals surface area contributed by atoms with E-state index in [1.54, 1.807) is 0 Å². The number of hydrogen-bond donors (Lipinski definition) is 1. The predicted octanol–water partition coefficient (Wildman–Crippen LogP) is 2.00. The second kappa shape index (κ2) is 8.19. The number of hydrogen-bond acceptors (Lipinski definition) is 5. The molecule has 0 radical (unpaired) electrons. The number of morpholine rings is 1. The van der Waals surface area contributed by atoms with Crippen LogP contribution in [0.15, 0.2) is 24.3 Å². The summed E-state index contributed by atoms with van der Waals surface area (Å²) in [5.74, 6) is 1.07. The number of benzene rings is 1. The summed E-state index contributed by atoms with van der Waals surface area (Å²) < 4.78 is 18.1. The average molecular weight is 415 g/mol. The number of carbonyl (C=O) groups is 2. The van der Waals surface area contributed by atoms with Crippen LogP contribution in [-0.4, -0.2) is 67.4 Å². The molecule has 1 spiro atoms. The fraction of sp³-hybridized carbons (Fsp3) is 0.652. The van der Waals surface area contributed by atoms with Crippen LogP contribution < -0.4 is 10.1 Å². The van der Waals surface area contributed by atoms with Crippen molar-refractivity contribution in [2.24, 2.45) is 0 Å². The van der Waals surface area contributed by atoms with E-state index in [0.29, 0.717) is 25.7 Å². The summed E-state index contributed by atoms with van der Waals surface area (Å²) >= 11 is 0. The Balaban J connectivity index is 1.46. The standard InChI is InChI=1S/C23H30N2O5/c26-21-13-28-15-23(24-21)10-3-11-25-20(23)12-29-17-8-6-16(7-9-17)18-4-1-2-5-19(18)30-14-22(25)27/h1-2,4-5,16-17,20H,3,6-15H2,(H,24,26). The maximum absolute atomic E-state index is 13.2. The molecule has 0 aromatic heterocycles. The first-order valence-corrected chi connectivity index (χ1v) is 11.2. The van der Waals surface area contributed by atoms with Crippen LogP contribution in [0.25, 0.3) is 0 Å². The molecule has 1 saturated carbocycles. The Morgan fingerprint density at radius 3 is 2.73 bits per heavy atom. The molecule has 7 nitrogen and oxygen atoms in total. The molecular weight excluding hydrogens is 384 g/mol. The van der Waals surface area contributed by atoms with Gasteiger partial charge in [-0.3, -0.25) is 9.59 Å². The summed E-state index contributed by atoms with van der Waals surface area (Å²) in [5, 5.41) is 3.16. The van der Waals surface area contributed by atoms with Crippen molar-refractivity contribution in [1.29, 1.82) is 0 Å². The van der Waals surface area contributed by atoms with Crippen molar-refractivity contribution >= 4 is 11.8 Å². The molecule has 4 heterocycles. The van der Waals surface area contributed by atoms with Gasteiger partial charge < -0.3 is 24.4 Å². The van der Waals surface area contributed by atoms with Crippen LogP contribution in [0.3, 0.4) is 0 Å². The van der Waals surface area contributed by atoms with Gasteiger partial charge in [0.25, 0.3) is 5.91 Å². The number of rotatable bonds is 0. The second-order valence-electron chi connectivity index (χ2n) is 9.04. The fourth-order valence-electron chi connectivity index (χ4n) is 5.66. The molecule has 2 amide bonds. The summed E-state index contributed by atoms with van der Waals surface area (Å²) in [6, 6.07) is 7.85. The third-order valence-electron chi connectivity index (χ3n) is 7.21. The number of nitrogens with one attached hydrogen (secondary N) is 1. The van der Waals surface area contributed by atoms with Gasteiger partial charge in [0.2, 0.25) is 5.91 Å². The maximum Gasteiger partial charge on any atom is 0.260 e. The number of amides is 2. The van der Waals surface area contributed by atoms with E-state index in [1.807, 2.05) is 23.1 Å². The lowest BCUT2D eigenvalue weighted by Gasteiger charge is -2.51. The van der Waals surface area contributed by atoms with E-state index in [-0.39, 0.29) is 37.2 Å². The summed E-state index contributed by atoms with van der Waals surface area (Å²) in [6.45, 7) is 1.54. The van der Waals surface area contributed by atoms with Crippen LogP contribution in [-0.2, 0) is 19.1 Å². The molecule has 3 fully saturated rings. The largest absolute Gasteiger partial charge is 0.483 e. The quantitative estimate of drug-likeness (QED) is 0.703. The highest BCUT2D eigenvalue weighted by Gasteiger charge is 2.49. The minimum Gasteiger partial charge on any atom is -0.483 e. The monoisotopic (exact) mass is 414 g/mol. The van der Waals surface area contributed by atoms with E-state index in [0.717, 1.165) is 44.3 Å². The first-order chi connectivity index (χ1) is 14.6. The Hall–Kier alpha value is -2.12. The number of ether oxygens (including phenoxy) is 3. The number of piperidine rings is 1. The highest BCUT2D eigenvalue weighted by atomic mass is 16.5. The van der Waals surface area contributed by atoms with Gasteiger partial charge in [0.1, 0.15) is 12.4 Å². The van der Waals surface area contributed by atoms with Crippen molar-refractivity contribution < 1.29 is 23.8 Å². The van der Waals surface area contributed by atoms with E-state index in [9.17, 15) is 9.59 Å². The lowest BCUT2D eigenvalue weighted by molar-refractivity contribution is -0.156. The molecule has 1 aromatic rings. The Morgan fingerprint density at radius 2 is 1.90 bits per heavy atom. The van der Waals surface area contributed by atoms with E-state index < -0.39 is 5.54 Å². The van der Waals surface area contributed by atoms with Crippen molar-refractivity contribution in [2.75, 3.05) is 33.0 Å². The summed E-state index contributed by atoms with van der Waals surface area (Å²) in [5.41, 5.74) is 0.612. The number of carbonyl (C=O) groups excluding carboxylic acids is 2. The third-order valence-corrected chi connectivity index (χ3v) is 7.21. The van der Waals surface area contributed by atoms with Gasteiger partial charge in [-0.1, -0.05) is 18.2 Å². The number of para-hydroxylation sites is 1. The molecule has 4 aliphatic heterocycles. The molecule has 2 unspecified atom stereocenters. The van der Waals surface area contributed by atoms with Crippen molar-refractivity contribution in [1.82, 2.24) is 10.2 Å². The molecule has 30 heavy (non-hydrogen) atoms. The van der Waals surface area contributed by atoms with Crippen molar-refractivity contribution in [3.05, 3.63) is 29.8 Å². The molecule has 7 heteroatoms. The van der Waals surface area contributed by atoms with Gasteiger partial charge in [-0.25, -0.2) is 0 Å². The van der Waals surface area contributed by atoms with E-state index in [1.165, 1.54) is 5.56 Å². The lowest BCUT2D eigenvalue weighted by atomic mass is 9.80. The third kappa shape index (κ3) is 3.69. The van der Waals surface area contributed by atoms with Gasteiger partial charge >= 0.3 is 0 Å². The Bertz CT molecular complexity index is 803. The van der Waals surface area contributed by atoms with Gasteiger partial charge in [-0.05, 0) is 56.1 Å². The van der Waals surface area contributed by atoms with Crippen LogP contribution in [0, 0.1) is 0 Å². The molecule has 5 aliphatic rings. The smallest absolute Gasteiger partial charge is 0.260 e. The summed E-state index contributed by atoms with van der Waals surface area (Å²) in [7, 11) is 0. The van der Waals surface area contributed by atoms with Gasteiger partial charge in [-0.15, -0.1) is 0 Å². The minimum absolute atomic E-state index is 0.00541. The molecule has 1 aromatic carbocycles. The van der Waals surface area contributed by atoms with Crippen molar-refractivity contribution in [3.63, 3.8) is 0 Å². The molecule has 162 valence electrons. The SMILES string of the molecule is O=C1COCC2(CCCN3C(=O)COc4ccccc4C4CCC(CC4)OCC32)N1. The van der Waals surface area contributed by atoms with Gasteiger partial charge in [0, 0.05) is 6.54 Å². The van der Waals surface area contributed by atoms with Crippen LogP contribution >= 0.6 is 0 Å².